The van der Waals surface area contributed by atoms with Crippen LogP contribution in [0.3, 0.4) is 0 Å². The first-order valence-corrected chi connectivity index (χ1v) is 4.91. The van der Waals surface area contributed by atoms with Gasteiger partial charge in [0.25, 0.3) is 0 Å². The van der Waals surface area contributed by atoms with E-state index in [2.05, 4.69) is 24.1 Å². The molecular weight excluding hydrogens is 176 g/mol. The van der Waals surface area contributed by atoms with Gasteiger partial charge >= 0.3 is 0 Å². The van der Waals surface area contributed by atoms with E-state index in [4.69, 9.17) is 10.5 Å². The molecule has 3 nitrogen and oxygen atoms in total. The van der Waals surface area contributed by atoms with E-state index in [-0.39, 0.29) is 0 Å². The third-order valence-electron chi connectivity index (χ3n) is 2.72. The lowest BCUT2D eigenvalue weighted by Gasteiger charge is -2.32. The van der Waals surface area contributed by atoms with Gasteiger partial charge in [0.2, 0.25) is 0 Å². The summed E-state index contributed by atoms with van der Waals surface area (Å²) in [7, 11) is 2.13. The van der Waals surface area contributed by atoms with Gasteiger partial charge in [-0.15, -0.1) is 0 Å². The molecule has 1 saturated heterocycles. The van der Waals surface area contributed by atoms with E-state index in [9.17, 15) is 0 Å². The molecule has 2 N–H and O–H groups in total. The van der Waals surface area contributed by atoms with Crippen molar-refractivity contribution in [2.75, 3.05) is 32.5 Å². The number of likely N-dealkylation sites (N-methyl/N-ethyl adjacent to an activating group) is 1. The molecule has 0 aromatic heterocycles. The molecule has 1 unspecified atom stereocenters. The van der Waals surface area contributed by atoms with Gasteiger partial charge in [0, 0.05) is 12.2 Å². The van der Waals surface area contributed by atoms with Crippen LogP contribution in [0, 0.1) is 0 Å². The second-order valence-corrected chi connectivity index (χ2v) is 3.74. The Bertz CT molecular complexity index is 297. The van der Waals surface area contributed by atoms with Gasteiger partial charge in [-0.2, -0.15) is 0 Å². The Hall–Kier alpha value is -1.06. The van der Waals surface area contributed by atoms with Crippen molar-refractivity contribution in [2.45, 2.75) is 6.04 Å². The second kappa shape index (κ2) is 3.98. The van der Waals surface area contributed by atoms with Crippen LogP contribution in [-0.4, -0.2) is 31.7 Å². The van der Waals surface area contributed by atoms with Crippen molar-refractivity contribution in [3.05, 3.63) is 29.8 Å². The Morgan fingerprint density at radius 2 is 2.07 bits per heavy atom. The fourth-order valence-corrected chi connectivity index (χ4v) is 1.76. The summed E-state index contributed by atoms with van der Waals surface area (Å²) < 4.78 is 5.46. The van der Waals surface area contributed by atoms with Crippen LogP contribution in [0.25, 0.3) is 0 Å². The predicted molar refractivity (Wildman–Crippen MR) is 57.0 cm³/mol. The van der Waals surface area contributed by atoms with Crippen molar-refractivity contribution >= 4 is 5.69 Å². The van der Waals surface area contributed by atoms with Gasteiger partial charge < -0.3 is 10.5 Å². The second-order valence-electron chi connectivity index (χ2n) is 3.74. The van der Waals surface area contributed by atoms with Gasteiger partial charge in [0.15, 0.2) is 0 Å². The molecule has 2 rings (SSSR count). The summed E-state index contributed by atoms with van der Waals surface area (Å²) in [5, 5.41) is 0. The highest BCUT2D eigenvalue weighted by molar-refractivity contribution is 5.40. The lowest BCUT2D eigenvalue weighted by molar-refractivity contribution is 0.00506. The van der Waals surface area contributed by atoms with Gasteiger partial charge in [-0.05, 0) is 24.7 Å². The number of nitrogens with two attached hydrogens (primary N) is 1. The Morgan fingerprint density at radius 1 is 1.36 bits per heavy atom. The lowest BCUT2D eigenvalue weighted by Crippen LogP contribution is -2.36. The third-order valence-corrected chi connectivity index (χ3v) is 2.72. The molecule has 1 fully saturated rings. The van der Waals surface area contributed by atoms with E-state index in [1.54, 1.807) is 0 Å². The molecule has 76 valence electrons. The van der Waals surface area contributed by atoms with Crippen molar-refractivity contribution in [2.24, 2.45) is 0 Å². The smallest absolute Gasteiger partial charge is 0.0664 e. The summed E-state index contributed by atoms with van der Waals surface area (Å²) in [6.45, 7) is 2.61. The fourth-order valence-electron chi connectivity index (χ4n) is 1.76. The summed E-state index contributed by atoms with van der Waals surface area (Å²) in [6.07, 6.45) is 0. The zero-order valence-electron chi connectivity index (χ0n) is 8.44. The topological polar surface area (TPSA) is 38.5 Å². The first-order chi connectivity index (χ1) is 6.77. The lowest BCUT2D eigenvalue weighted by atomic mass is 10.1. The van der Waals surface area contributed by atoms with Crippen LogP contribution < -0.4 is 5.73 Å². The molecule has 1 atom stereocenters. The van der Waals surface area contributed by atoms with Gasteiger partial charge in [-0.3, -0.25) is 4.90 Å². The summed E-state index contributed by atoms with van der Waals surface area (Å²) in [4.78, 5) is 2.31. The summed E-state index contributed by atoms with van der Waals surface area (Å²) in [6, 6.07) is 8.41. The normalized spacial score (nSPS) is 23.6. The molecule has 0 aliphatic carbocycles. The monoisotopic (exact) mass is 192 g/mol. The highest BCUT2D eigenvalue weighted by Crippen LogP contribution is 2.22. The van der Waals surface area contributed by atoms with Gasteiger partial charge in [-0.1, -0.05) is 12.1 Å². The number of hydrogen-bond donors (Lipinski definition) is 1. The number of anilines is 1. The van der Waals surface area contributed by atoms with Crippen LogP contribution >= 0.6 is 0 Å². The zero-order valence-corrected chi connectivity index (χ0v) is 8.44. The van der Waals surface area contributed by atoms with Crippen LogP contribution in [0.5, 0.6) is 0 Å². The highest BCUT2D eigenvalue weighted by atomic mass is 16.5. The Kier molecular flexibility index (Phi) is 2.70. The Morgan fingerprint density at radius 3 is 2.71 bits per heavy atom. The van der Waals surface area contributed by atoms with E-state index >= 15 is 0 Å². The molecule has 1 aliphatic rings. The maximum absolute atomic E-state index is 5.65. The fraction of sp³-hybridized carbons (Fsp3) is 0.455. The molecule has 0 radical (unpaired) electrons. The molecule has 1 heterocycles. The number of nitrogen functional groups attached to an aromatic ring is 1. The molecule has 1 aromatic rings. The minimum absolute atomic E-state index is 0.379. The number of rotatable bonds is 1. The molecule has 14 heavy (non-hydrogen) atoms. The third kappa shape index (κ3) is 1.89. The van der Waals surface area contributed by atoms with E-state index < -0.39 is 0 Å². The molecule has 3 heteroatoms. The Labute approximate surface area is 84.5 Å². The summed E-state index contributed by atoms with van der Waals surface area (Å²) in [5.41, 5.74) is 7.74. The van der Waals surface area contributed by atoms with E-state index in [0.29, 0.717) is 6.04 Å². The molecule has 0 amide bonds. The van der Waals surface area contributed by atoms with Crippen LogP contribution in [0.1, 0.15) is 11.6 Å². The number of morpholine rings is 1. The molecule has 0 bridgehead atoms. The van der Waals surface area contributed by atoms with Gasteiger partial charge in [0.05, 0.1) is 19.3 Å². The van der Waals surface area contributed by atoms with Crippen LogP contribution in [0.4, 0.5) is 5.69 Å². The Balaban J connectivity index is 2.16. The van der Waals surface area contributed by atoms with Crippen LogP contribution in [-0.2, 0) is 4.74 Å². The van der Waals surface area contributed by atoms with Crippen molar-refractivity contribution in [3.63, 3.8) is 0 Å². The van der Waals surface area contributed by atoms with Crippen molar-refractivity contribution in [1.29, 1.82) is 0 Å². The largest absolute Gasteiger partial charge is 0.399 e. The number of hydrogen-bond acceptors (Lipinski definition) is 3. The standard InChI is InChI=1S/C11H16N2O/c1-13-6-7-14-8-11(13)9-2-4-10(12)5-3-9/h2-5,11H,6-8,12H2,1H3. The molecule has 1 aromatic carbocycles. The molecule has 1 aliphatic heterocycles. The van der Waals surface area contributed by atoms with Gasteiger partial charge in [-0.25, -0.2) is 0 Å². The van der Waals surface area contributed by atoms with Crippen LogP contribution in [0.2, 0.25) is 0 Å². The average Bonchev–Trinajstić information content (AvgIpc) is 2.20. The quantitative estimate of drug-likeness (QED) is 0.681. The van der Waals surface area contributed by atoms with E-state index in [0.717, 1.165) is 25.4 Å². The van der Waals surface area contributed by atoms with Gasteiger partial charge in [0.1, 0.15) is 0 Å². The first kappa shape index (κ1) is 9.49. The summed E-state index contributed by atoms with van der Waals surface area (Å²) >= 11 is 0. The maximum Gasteiger partial charge on any atom is 0.0664 e. The van der Waals surface area contributed by atoms with Crippen molar-refractivity contribution in [3.8, 4) is 0 Å². The molecule has 0 saturated carbocycles. The average molecular weight is 192 g/mol. The van der Waals surface area contributed by atoms with E-state index in [1.807, 2.05) is 12.1 Å². The minimum atomic E-state index is 0.379. The number of ether oxygens (including phenoxy) is 1. The predicted octanol–water partition coefficient (Wildman–Crippen LogP) is 1.27. The number of benzene rings is 1. The SMILES string of the molecule is CN1CCOCC1c1ccc(N)cc1. The number of nitrogens with zero attached hydrogens (tertiary/aromatic N) is 1. The first-order valence-electron chi connectivity index (χ1n) is 4.91. The van der Waals surface area contributed by atoms with Crippen LogP contribution in [0.15, 0.2) is 24.3 Å². The maximum atomic E-state index is 5.65. The highest BCUT2D eigenvalue weighted by Gasteiger charge is 2.20. The zero-order chi connectivity index (χ0) is 9.97. The minimum Gasteiger partial charge on any atom is -0.399 e. The summed E-state index contributed by atoms with van der Waals surface area (Å²) in [5.74, 6) is 0. The molecule has 0 spiro atoms. The van der Waals surface area contributed by atoms with E-state index in [1.165, 1.54) is 5.56 Å². The molecular formula is C11H16N2O. The van der Waals surface area contributed by atoms with Crippen molar-refractivity contribution < 1.29 is 4.74 Å². The van der Waals surface area contributed by atoms with Crippen molar-refractivity contribution in [1.82, 2.24) is 4.90 Å².